The van der Waals surface area contributed by atoms with Crippen molar-refractivity contribution < 1.29 is 4.79 Å². The largest absolute Gasteiger partial charge is 0.396 e. The Morgan fingerprint density at radius 2 is 2.29 bits per heavy atom. The predicted molar refractivity (Wildman–Crippen MR) is 27.1 cm³/mol. The van der Waals surface area contributed by atoms with Gasteiger partial charge in [-0.3, -0.25) is 4.79 Å². The molecule has 3 heteroatoms. The normalized spacial score (nSPS) is 10.6. The average Bonchev–Trinajstić information content (AvgIpc) is 1.68. The highest BCUT2D eigenvalue weighted by Crippen LogP contribution is 1.68. The van der Waals surface area contributed by atoms with Gasteiger partial charge < -0.3 is 11.1 Å². The van der Waals surface area contributed by atoms with Gasteiger partial charge >= 0.3 is 0 Å². The molecule has 0 aromatic rings. The lowest BCUT2D eigenvalue weighted by molar-refractivity contribution is -0.104. The van der Waals surface area contributed by atoms with Crippen LogP contribution in [0.2, 0.25) is 0 Å². The Morgan fingerprint density at radius 1 is 1.71 bits per heavy atom. The van der Waals surface area contributed by atoms with E-state index in [0.717, 1.165) is 6.21 Å². The number of rotatable bonds is 2. The van der Waals surface area contributed by atoms with Gasteiger partial charge in [0.2, 0.25) is 0 Å². The fourth-order valence-electron chi connectivity index (χ4n) is 0.136. The molecule has 0 spiro atoms. The smallest absolute Gasteiger partial charge is 0.165 e. The summed E-state index contributed by atoms with van der Waals surface area (Å²) in [6.45, 7) is 0. The van der Waals surface area contributed by atoms with E-state index in [9.17, 15) is 4.79 Å². The summed E-state index contributed by atoms with van der Waals surface area (Å²) >= 11 is 0. The van der Waals surface area contributed by atoms with Crippen LogP contribution in [0.4, 0.5) is 0 Å². The Kier molecular flexibility index (Phi) is 2.59. The van der Waals surface area contributed by atoms with Crippen LogP contribution < -0.4 is 5.73 Å². The van der Waals surface area contributed by atoms with Crippen molar-refractivity contribution in [2.75, 3.05) is 0 Å². The summed E-state index contributed by atoms with van der Waals surface area (Å²) in [6.07, 6.45) is 2.67. The lowest BCUT2D eigenvalue weighted by atomic mass is 10.5. The predicted octanol–water partition coefficient (Wildman–Crippen LogP) is -0.323. The summed E-state index contributed by atoms with van der Waals surface area (Å²) in [5.74, 6) is 0. The molecule has 0 radical (unpaired) electrons. The molecule has 0 heterocycles. The topological polar surface area (TPSA) is 66.9 Å². The van der Waals surface area contributed by atoms with E-state index in [2.05, 4.69) is 0 Å². The summed E-state index contributed by atoms with van der Waals surface area (Å²) in [5, 5.41) is 6.40. The first-order chi connectivity index (χ1) is 3.31. The minimum Gasteiger partial charge on any atom is -0.396 e. The van der Waals surface area contributed by atoms with Crippen molar-refractivity contribution in [3.8, 4) is 0 Å². The van der Waals surface area contributed by atoms with Gasteiger partial charge in [0, 0.05) is 6.21 Å². The van der Waals surface area contributed by atoms with Crippen molar-refractivity contribution in [3.05, 3.63) is 11.8 Å². The quantitative estimate of drug-likeness (QED) is 0.282. The maximum atomic E-state index is 9.60. The third-order valence-corrected chi connectivity index (χ3v) is 0.412. The summed E-state index contributed by atoms with van der Waals surface area (Å²) in [4.78, 5) is 9.60. The van der Waals surface area contributed by atoms with Crippen LogP contribution in [0.3, 0.4) is 0 Å². The van der Waals surface area contributed by atoms with E-state index in [1.54, 1.807) is 0 Å². The van der Waals surface area contributed by atoms with E-state index in [-0.39, 0.29) is 5.70 Å². The molecule has 3 nitrogen and oxygen atoms in total. The van der Waals surface area contributed by atoms with Crippen molar-refractivity contribution in [3.63, 3.8) is 0 Å². The third-order valence-electron chi connectivity index (χ3n) is 0.412. The number of hydrogen-bond donors (Lipinski definition) is 2. The standard InChI is InChI=1S/C4H6N2O/c5-2-1-4(6)3-7/h1-3,5H,6H2/b4-1-,5-2?. The Morgan fingerprint density at radius 3 is 2.43 bits per heavy atom. The van der Waals surface area contributed by atoms with Crippen LogP contribution >= 0.6 is 0 Å². The zero-order valence-electron chi connectivity index (χ0n) is 3.72. The van der Waals surface area contributed by atoms with Gasteiger partial charge in [-0.1, -0.05) is 0 Å². The van der Waals surface area contributed by atoms with Gasteiger partial charge in [-0.2, -0.15) is 0 Å². The molecule has 0 saturated carbocycles. The first-order valence-electron chi connectivity index (χ1n) is 1.72. The zero-order valence-corrected chi connectivity index (χ0v) is 3.72. The second-order valence-corrected chi connectivity index (χ2v) is 0.951. The van der Waals surface area contributed by atoms with Gasteiger partial charge in [-0.15, -0.1) is 0 Å². The van der Waals surface area contributed by atoms with Crippen LogP contribution in [-0.2, 0) is 4.79 Å². The zero-order chi connectivity index (χ0) is 5.70. The highest BCUT2D eigenvalue weighted by atomic mass is 16.1. The molecule has 0 fully saturated rings. The molecule has 3 N–H and O–H groups in total. The summed E-state index contributed by atoms with van der Waals surface area (Å²) in [7, 11) is 0. The molecule has 0 atom stereocenters. The number of nitrogens with one attached hydrogen (secondary N) is 1. The number of allylic oxidation sites excluding steroid dienone is 2. The molecule has 0 aliphatic carbocycles. The van der Waals surface area contributed by atoms with Crippen LogP contribution in [0.25, 0.3) is 0 Å². The first-order valence-corrected chi connectivity index (χ1v) is 1.72. The second-order valence-electron chi connectivity index (χ2n) is 0.951. The van der Waals surface area contributed by atoms with E-state index in [0.29, 0.717) is 6.29 Å². The molecule has 0 bridgehead atoms. The van der Waals surface area contributed by atoms with Crippen molar-refractivity contribution in [1.82, 2.24) is 0 Å². The molecule has 0 aliphatic rings. The molecule has 0 rings (SSSR count). The number of carbonyl (C=O) groups excluding carboxylic acids is 1. The monoisotopic (exact) mass is 98.0 g/mol. The van der Waals surface area contributed by atoms with Gasteiger partial charge in [-0.05, 0) is 6.08 Å². The SMILES string of the molecule is N=C/C=C(\N)C=O. The average molecular weight is 98.1 g/mol. The van der Waals surface area contributed by atoms with Crippen LogP contribution in [0.5, 0.6) is 0 Å². The van der Waals surface area contributed by atoms with E-state index < -0.39 is 0 Å². The van der Waals surface area contributed by atoms with Crippen LogP contribution in [0.1, 0.15) is 0 Å². The molecule has 0 aromatic heterocycles. The van der Waals surface area contributed by atoms with Crippen molar-refractivity contribution in [2.45, 2.75) is 0 Å². The Bertz CT molecular complexity index is 106. The lowest BCUT2D eigenvalue weighted by Crippen LogP contribution is -1.96. The van der Waals surface area contributed by atoms with Crippen molar-refractivity contribution >= 4 is 12.5 Å². The molecule has 0 aliphatic heterocycles. The molecule has 0 amide bonds. The first kappa shape index (κ1) is 5.88. The van der Waals surface area contributed by atoms with Crippen molar-refractivity contribution in [2.24, 2.45) is 5.73 Å². The molecular formula is C4H6N2O. The van der Waals surface area contributed by atoms with E-state index in [1.165, 1.54) is 6.08 Å². The summed E-state index contributed by atoms with van der Waals surface area (Å²) in [5.41, 5.74) is 5.00. The maximum absolute atomic E-state index is 9.60. The molecule has 38 valence electrons. The van der Waals surface area contributed by atoms with E-state index >= 15 is 0 Å². The fourth-order valence-corrected chi connectivity index (χ4v) is 0.136. The number of hydrogen-bond acceptors (Lipinski definition) is 3. The van der Waals surface area contributed by atoms with Crippen molar-refractivity contribution in [1.29, 1.82) is 5.41 Å². The highest BCUT2D eigenvalue weighted by Gasteiger charge is 1.75. The van der Waals surface area contributed by atoms with Gasteiger partial charge in [-0.25, -0.2) is 0 Å². The van der Waals surface area contributed by atoms with E-state index in [1.807, 2.05) is 0 Å². The fraction of sp³-hybridized carbons (Fsp3) is 0. The molecular weight excluding hydrogens is 92.1 g/mol. The molecule has 0 saturated heterocycles. The highest BCUT2D eigenvalue weighted by molar-refractivity contribution is 5.81. The Hall–Kier alpha value is -1.12. The van der Waals surface area contributed by atoms with Crippen LogP contribution in [-0.4, -0.2) is 12.5 Å². The lowest BCUT2D eigenvalue weighted by Gasteiger charge is -1.76. The Labute approximate surface area is 41.3 Å². The summed E-state index contributed by atoms with van der Waals surface area (Å²) < 4.78 is 0. The molecule has 7 heavy (non-hydrogen) atoms. The minimum absolute atomic E-state index is 0.0787. The second kappa shape index (κ2) is 3.08. The Balaban J connectivity index is 3.72. The van der Waals surface area contributed by atoms with Gasteiger partial charge in [0.15, 0.2) is 6.29 Å². The third kappa shape index (κ3) is 2.69. The molecule has 0 unspecified atom stereocenters. The van der Waals surface area contributed by atoms with Gasteiger partial charge in [0.05, 0.1) is 5.70 Å². The van der Waals surface area contributed by atoms with Gasteiger partial charge in [0.25, 0.3) is 0 Å². The number of nitrogens with two attached hydrogens (primary N) is 1. The van der Waals surface area contributed by atoms with Crippen LogP contribution in [0, 0.1) is 5.41 Å². The molecule has 0 aromatic carbocycles. The number of aldehydes is 1. The summed E-state index contributed by atoms with van der Waals surface area (Å²) in [6, 6.07) is 0. The maximum Gasteiger partial charge on any atom is 0.165 e. The van der Waals surface area contributed by atoms with Crippen LogP contribution in [0.15, 0.2) is 11.8 Å². The minimum atomic E-state index is 0.0787. The van der Waals surface area contributed by atoms with E-state index in [4.69, 9.17) is 11.1 Å². The van der Waals surface area contributed by atoms with Gasteiger partial charge in [0.1, 0.15) is 0 Å². The number of carbonyl (C=O) groups is 1.